The van der Waals surface area contributed by atoms with Gasteiger partial charge in [0.05, 0.1) is 13.7 Å². The van der Waals surface area contributed by atoms with Gasteiger partial charge in [-0.15, -0.1) is 0 Å². The molecule has 1 aliphatic rings. The van der Waals surface area contributed by atoms with Gasteiger partial charge in [-0.25, -0.2) is 0 Å². The summed E-state index contributed by atoms with van der Waals surface area (Å²) in [6.45, 7) is 1.60. The minimum absolute atomic E-state index is 0.341. The van der Waals surface area contributed by atoms with Gasteiger partial charge in [0.25, 0.3) is 0 Å². The summed E-state index contributed by atoms with van der Waals surface area (Å²) in [5.74, 6) is 0.271. The number of hydrogen-bond acceptors (Lipinski definition) is 5. The first-order chi connectivity index (χ1) is 6.24. The average Bonchev–Trinajstić information content (AvgIpc) is 2.65. The van der Waals surface area contributed by atoms with Gasteiger partial charge in [-0.2, -0.15) is 11.8 Å². The second-order valence-corrected chi connectivity index (χ2v) is 4.28. The zero-order valence-electron chi connectivity index (χ0n) is 7.69. The summed E-state index contributed by atoms with van der Waals surface area (Å²) in [6, 6.07) is -0.504. The molecule has 0 spiro atoms. The van der Waals surface area contributed by atoms with Gasteiger partial charge >= 0.3 is 5.97 Å². The number of carbonyl (C=O) groups is 1. The quantitative estimate of drug-likeness (QED) is 0.655. The minimum Gasteiger partial charge on any atom is -0.468 e. The molecule has 0 bridgehead atoms. The smallest absolute Gasteiger partial charge is 0.323 e. The summed E-state index contributed by atoms with van der Waals surface area (Å²) in [4.78, 5) is 10.9. The Morgan fingerprint density at radius 2 is 2.62 bits per heavy atom. The number of nitrogens with two attached hydrogens (primary N) is 1. The van der Waals surface area contributed by atoms with Crippen LogP contribution >= 0.6 is 11.8 Å². The van der Waals surface area contributed by atoms with E-state index in [2.05, 4.69) is 4.74 Å². The Morgan fingerprint density at radius 1 is 1.85 bits per heavy atom. The van der Waals surface area contributed by atoms with Gasteiger partial charge in [0, 0.05) is 17.6 Å². The van der Waals surface area contributed by atoms with Crippen molar-refractivity contribution in [3.8, 4) is 0 Å². The number of methoxy groups -OCH3 is 1. The molecule has 1 rings (SSSR count). The summed E-state index contributed by atoms with van der Waals surface area (Å²) < 4.78 is 9.72. The summed E-state index contributed by atoms with van der Waals surface area (Å²) in [7, 11) is 1.35. The molecule has 2 atom stereocenters. The van der Waals surface area contributed by atoms with Crippen LogP contribution in [0.2, 0.25) is 0 Å². The second-order valence-electron chi connectivity index (χ2n) is 2.95. The Morgan fingerprint density at radius 3 is 3.15 bits per heavy atom. The van der Waals surface area contributed by atoms with Crippen LogP contribution in [0.4, 0.5) is 0 Å². The highest BCUT2D eigenvalue weighted by atomic mass is 32.2. The Kier molecular flexibility index (Phi) is 4.55. The van der Waals surface area contributed by atoms with Crippen molar-refractivity contribution in [3.05, 3.63) is 0 Å². The highest BCUT2D eigenvalue weighted by Gasteiger charge is 2.20. The predicted octanol–water partition coefficient (Wildman–Crippen LogP) is 0.00880. The van der Waals surface area contributed by atoms with Crippen LogP contribution in [-0.4, -0.2) is 43.3 Å². The van der Waals surface area contributed by atoms with Crippen LogP contribution in [0.3, 0.4) is 0 Å². The Hall–Kier alpha value is -0.260. The molecular formula is C8H15NO3S. The molecule has 0 aromatic carbocycles. The zero-order chi connectivity index (χ0) is 9.68. The normalized spacial score (nSPS) is 24.3. The number of esters is 1. The number of thioether (sulfide) groups is 1. The standard InChI is InChI=1S/C8H15NO3S/c1-11-8(10)7(9)5-13-6-2-3-12-4-6/h6-7H,2-5,9H2,1H3. The molecule has 0 radical (unpaired) electrons. The molecule has 1 heterocycles. The van der Waals surface area contributed by atoms with Crippen molar-refractivity contribution in [2.24, 2.45) is 5.73 Å². The lowest BCUT2D eigenvalue weighted by Gasteiger charge is -2.11. The first kappa shape index (κ1) is 10.8. The summed E-state index contributed by atoms with van der Waals surface area (Å²) in [6.07, 6.45) is 1.05. The molecule has 0 saturated carbocycles. The van der Waals surface area contributed by atoms with E-state index in [0.717, 1.165) is 19.6 Å². The molecule has 4 nitrogen and oxygen atoms in total. The van der Waals surface area contributed by atoms with E-state index >= 15 is 0 Å². The third-order valence-electron chi connectivity index (χ3n) is 1.90. The molecular weight excluding hydrogens is 190 g/mol. The van der Waals surface area contributed by atoms with E-state index in [4.69, 9.17) is 10.5 Å². The molecule has 0 aliphatic carbocycles. The molecule has 13 heavy (non-hydrogen) atoms. The van der Waals surface area contributed by atoms with Crippen LogP contribution in [0, 0.1) is 0 Å². The lowest BCUT2D eigenvalue weighted by Crippen LogP contribution is -2.34. The molecule has 1 saturated heterocycles. The van der Waals surface area contributed by atoms with Gasteiger partial charge in [0.2, 0.25) is 0 Å². The van der Waals surface area contributed by atoms with Crippen molar-refractivity contribution in [2.75, 3.05) is 26.1 Å². The van der Waals surface area contributed by atoms with Crippen molar-refractivity contribution >= 4 is 17.7 Å². The molecule has 2 unspecified atom stereocenters. The van der Waals surface area contributed by atoms with Gasteiger partial charge in [0.1, 0.15) is 6.04 Å². The molecule has 76 valence electrons. The van der Waals surface area contributed by atoms with E-state index in [1.807, 2.05) is 0 Å². The van der Waals surface area contributed by atoms with Crippen LogP contribution in [0.15, 0.2) is 0 Å². The van der Waals surface area contributed by atoms with E-state index in [0.29, 0.717) is 11.0 Å². The Labute approximate surface area is 82.1 Å². The van der Waals surface area contributed by atoms with Gasteiger partial charge in [0.15, 0.2) is 0 Å². The largest absolute Gasteiger partial charge is 0.468 e. The van der Waals surface area contributed by atoms with Crippen LogP contribution in [-0.2, 0) is 14.3 Å². The van der Waals surface area contributed by atoms with Gasteiger partial charge < -0.3 is 15.2 Å². The fourth-order valence-electron chi connectivity index (χ4n) is 1.10. The summed E-state index contributed by atoms with van der Waals surface area (Å²) in [5, 5.41) is 0.496. The first-order valence-corrected chi connectivity index (χ1v) is 5.31. The van der Waals surface area contributed by atoms with E-state index in [-0.39, 0.29) is 5.97 Å². The molecule has 5 heteroatoms. The van der Waals surface area contributed by atoms with Crippen LogP contribution < -0.4 is 5.73 Å². The van der Waals surface area contributed by atoms with E-state index in [1.54, 1.807) is 11.8 Å². The van der Waals surface area contributed by atoms with Crippen LogP contribution in [0.5, 0.6) is 0 Å². The number of hydrogen-bond donors (Lipinski definition) is 1. The molecule has 1 fully saturated rings. The highest BCUT2D eigenvalue weighted by Crippen LogP contribution is 2.20. The number of rotatable bonds is 4. The first-order valence-electron chi connectivity index (χ1n) is 4.26. The summed E-state index contributed by atoms with van der Waals surface area (Å²) >= 11 is 1.68. The van der Waals surface area contributed by atoms with E-state index < -0.39 is 6.04 Å². The molecule has 0 amide bonds. The van der Waals surface area contributed by atoms with E-state index in [9.17, 15) is 4.79 Å². The SMILES string of the molecule is COC(=O)C(N)CSC1CCOC1. The maximum atomic E-state index is 10.9. The van der Waals surface area contributed by atoms with Gasteiger partial charge in [-0.05, 0) is 6.42 Å². The van der Waals surface area contributed by atoms with Crippen LogP contribution in [0.1, 0.15) is 6.42 Å². The number of carbonyl (C=O) groups excluding carboxylic acids is 1. The van der Waals surface area contributed by atoms with Gasteiger partial charge in [-0.1, -0.05) is 0 Å². The highest BCUT2D eigenvalue weighted by molar-refractivity contribution is 8.00. The fourth-order valence-corrected chi connectivity index (χ4v) is 2.17. The third kappa shape index (κ3) is 3.54. The third-order valence-corrected chi connectivity index (χ3v) is 3.30. The monoisotopic (exact) mass is 205 g/mol. The minimum atomic E-state index is -0.504. The Balaban J connectivity index is 2.13. The predicted molar refractivity (Wildman–Crippen MR) is 51.7 cm³/mol. The van der Waals surface area contributed by atoms with Crippen molar-refractivity contribution in [2.45, 2.75) is 17.7 Å². The van der Waals surface area contributed by atoms with Crippen LogP contribution in [0.25, 0.3) is 0 Å². The zero-order valence-corrected chi connectivity index (χ0v) is 8.51. The molecule has 1 aliphatic heterocycles. The van der Waals surface area contributed by atoms with Crippen molar-refractivity contribution in [1.29, 1.82) is 0 Å². The topological polar surface area (TPSA) is 61.5 Å². The maximum absolute atomic E-state index is 10.9. The van der Waals surface area contributed by atoms with Gasteiger partial charge in [-0.3, -0.25) is 4.79 Å². The average molecular weight is 205 g/mol. The van der Waals surface area contributed by atoms with Crippen molar-refractivity contribution < 1.29 is 14.3 Å². The fraction of sp³-hybridized carbons (Fsp3) is 0.875. The second kappa shape index (κ2) is 5.47. The number of ether oxygens (including phenoxy) is 2. The lowest BCUT2D eigenvalue weighted by atomic mass is 10.4. The summed E-state index contributed by atoms with van der Waals surface area (Å²) in [5.41, 5.74) is 5.57. The van der Waals surface area contributed by atoms with Crippen molar-refractivity contribution in [1.82, 2.24) is 0 Å². The lowest BCUT2D eigenvalue weighted by molar-refractivity contribution is -0.141. The Bertz CT molecular complexity index is 171. The molecule has 0 aromatic heterocycles. The molecule has 0 aromatic rings. The molecule has 2 N–H and O–H groups in total. The maximum Gasteiger partial charge on any atom is 0.323 e. The van der Waals surface area contributed by atoms with Crippen molar-refractivity contribution in [3.63, 3.8) is 0 Å². The van der Waals surface area contributed by atoms with E-state index in [1.165, 1.54) is 7.11 Å².